The van der Waals surface area contributed by atoms with E-state index >= 15 is 0 Å². The average molecular weight is 146 g/mol. The van der Waals surface area contributed by atoms with Gasteiger partial charge in [-0.25, -0.2) is 0 Å². The van der Waals surface area contributed by atoms with Crippen LogP contribution in [0.15, 0.2) is 0 Å². The number of hydrogen-bond acceptors (Lipinski definition) is 4. The van der Waals surface area contributed by atoms with Crippen molar-refractivity contribution in [1.82, 2.24) is 0 Å². The molecule has 0 aliphatic carbocycles. The van der Waals surface area contributed by atoms with Crippen LogP contribution in [0.3, 0.4) is 0 Å². The van der Waals surface area contributed by atoms with Crippen LogP contribution in [0.4, 0.5) is 0 Å². The summed E-state index contributed by atoms with van der Waals surface area (Å²) in [7, 11) is 2.66. The van der Waals surface area contributed by atoms with Crippen LogP contribution in [0.2, 0.25) is 0 Å². The second kappa shape index (κ2) is 15.6. The first kappa shape index (κ1) is 15.8. The zero-order valence-electron chi connectivity index (χ0n) is 5.71. The third-order valence-corrected chi connectivity index (χ3v) is 2.70. The van der Waals surface area contributed by atoms with Gasteiger partial charge in [0.2, 0.25) is 0 Å². The second-order valence-corrected chi connectivity index (χ2v) is 4.02. The van der Waals surface area contributed by atoms with Gasteiger partial charge in [0, 0.05) is 0 Å². The van der Waals surface area contributed by atoms with E-state index in [2.05, 4.69) is 23.3 Å². The fourth-order valence-corrected chi connectivity index (χ4v) is 0. The Bertz CT molecular complexity index is 14.0. The summed E-state index contributed by atoms with van der Waals surface area (Å²) >= 11 is 7.45. The molecule has 0 unspecified atom stereocenters. The molecule has 0 saturated carbocycles. The molecular weight excluding hydrogens is 142 g/mol. The summed E-state index contributed by atoms with van der Waals surface area (Å²) in [4.78, 5) is 0. The Hall–Kier alpha value is 2.59. The quantitative estimate of drug-likeness (QED) is 0.222. The molecule has 0 saturated heterocycles. The maximum absolute atomic E-state index is 3.72. The van der Waals surface area contributed by atoms with Crippen molar-refractivity contribution in [3.8, 4) is 0 Å². The summed E-state index contributed by atoms with van der Waals surface area (Å²) in [5.41, 5.74) is 0. The Balaban J connectivity index is -0.00000000750. The molecule has 0 radical (unpaired) electrons. The standard InChI is InChI=1S/2Li.H2S4.2H/c;;1-3-4-2;;/h;;1-2H;;/q2*+1;;2*-1. The van der Waals surface area contributed by atoms with Gasteiger partial charge in [-0.15, -0.1) is 0 Å². The van der Waals surface area contributed by atoms with Gasteiger partial charge in [0.1, 0.15) is 0 Å². The largest absolute Gasteiger partial charge is 1.00 e. The van der Waals surface area contributed by atoms with Crippen molar-refractivity contribution in [2.75, 3.05) is 0 Å². The van der Waals surface area contributed by atoms with E-state index in [-0.39, 0.29) is 40.6 Å². The molecule has 0 aromatic carbocycles. The van der Waals surface area contributed by atoms with Gasteiger partial charge in [-0.2, -0.15) is 0 Å². The molecule has 0 heterocycles. The van der Waals surface area contributed by atoms with E-state index in [1.165, 1.54) is 19.7 Å². The smallest absolute Gasteiger partial charge is 1.00 e. The monoisotopic (exact) mass is 146 g/mol. The summed E-state index contributed by atoms with van der Waals surface area (Å²) in [6, 6.07) is 0. The van der Waals surface area contributed by atoms with E-state index in [9.17, 15) is 0 Å². The molecule has 30 valence electrons. The molecule has 6 heavy (non-hydrogen) atoms. The fraction of sp³-hybridized carbons (Fsp3) is 0. The molecule has 0 nitrogen and oxygen atoms in total. The molecule has 0 aliphatic heterocycles. The third kappa shape index (κ3) is 16.0. The van der Waals surface area contributed by atoms with Gasteiger partial charge in [-0.05, 0) is 19.7 Å². The average Bonchev–Trinajstić information content (AvgIpc) is 1.37. The van der Waals surface area contributed by atoms with Crippen molar-refractivity contribution < 1.29 is 40.6 Å². The van der Waals surface area contributed by atoms with Crippen LogP contribution in [0.1, 0.15) is 2.85 Å². The van der Waals surface area contributed by atoms with Crippen LogP contribution in [0.5, 0.6) is 0 Å². The molecule has 0 N–H and O–H groups in total. The second-order valence-electron chi connectivity index (χ2n) is 0.149. The Morgan fingerprint density at radius 1 is 1.00 bits per heavy atom. The number of thiol groups is 2. The van der Waals surface area contributed by atoms with Gasteiger partial charge in [0.15, 0.2) is 0 Å². The molecule has 0 amide bonds. The molecule has 0 spiro atoms. The van der Waals surface area contributed by atoms with E-state index in [1.807, 2.05) is 0 Å². The van der Waals surface area contributed by atoms with Crippen molar-refractivity contribution >= 4 is 43.0 Å². The van der Waals surface area contributed by atoms with E-state index in [4.69, 9.17) is 0 Å². The van der Waals surface area contributed by atoms with Crippen molar-refractivity contribution in [1.29, 1.82) is 0 Å². The minimum Gasteiger partial charge on any atom is -1.00 e. The summed E-state index contributed by atoms with van der Waals surface area (Å²) in [6.45, 7) is 0. The fourth-order valence-electron chi connectivity index (χ4n) is 0. The van der Waals surface area contributed by atoms with E-state index in [1.54, 1.807) is 0 Å². The Morgan fingerprint density at radius 3 is 1.17 bits per heavy atom. The molecule has 0 rings (SSSR count). The van der Waals surface area contributed by atoms with Gasteiger partial charge in [0.25, 0.3) is 0 Å². The van der Waals surface area contributed by atoms with Crippen LogP contribution < -0.4 is 37.7 Å². The number of hydrogen-bond donors (Lipinski definition) is 2. The summed E-state index contributed by atoms with van der Waals surface area (Å²) in [5.74, 6) is 0. The summed E-state index contributed by atoms with van der Waals surface area (Å²) in [6.07, 6.45) is 0. The Morgan fingerprint density at radius 2 is 1.17 bits per heavy atom. The molecule has 6 heteroatoms. The van der Waals surface area contributed by atoms with E-state index in [0.29, 0.717) is 0 Å². The van der Waals surface area contributed by atoms with E-state index in [0.717, 1.165) is 0 Å². The van der Waals surface area contributed by atoms with Crippen LogP contribution in [0.25, 0.3) is 0 Å². The molecule has 0 bridgehead atoms. The van der Waals surface area contributed by atoms with Gasteiger partial charge >= 0.3 is 37.7 Å². The third-order valence-electron chi connectivity index (χ3n) is 0.0333. The minimum absolute atomic E-state index is 0. The minimum atomic E-state index is 0. The predicted molar refractivity (Wildman–Crippen MR) is 35.4 cm³/mol. The maximum Gasteiger partial charge on any atom is 1.00 e. The maximum atomic E-state index is 3.72. The Kier molecular flexibility index (Phi) is 41.3. The molecule has 0 fully saturated rings. The van der Waals surface area contributed by atoms with Crippen LogP contribution in [-0.4, -0.2) is 0 Å². The van der Waals surface area contributed by atoms with Crippen LogP contribution in [-0.2, 0) is 0 Å². The van der Waals surface area contributed by atoms with Gasteiger partial charge < -0.3 is 2.85 Å². The molecule has 0 aromatic rings. The first-order chi connectivity index (χ1) is 1.91. The zero-order chi connectivity index (χ0) is 3.41. The van der Waals surface area contributed by atoms with Crippen molar-refractivity contribution in [2.45, 2.75) is 0 Å². The molecule has 0 atom stereocenters. The summed E-state index contributed by atoms with van der Waals surface area (Å²) in [5, 5.41) is 0. The molecular formula is H4Li2S4. The SMILES string of the molecule is SSSS.[H-].[H-].[Li+].[Li+]. The number of rotatable bonds is 1. The topological polar surface area (TPSA) is 0 Å². The molecule has 0 aromatic heterocycles. The van der Waals surface area contributed by atoms with Gasteiger partial charge in [0.05, 0.1) is 0 Å². The predicted octanol–water partition coefficient (Wildman–Crippen LogP) is -3.71. The first-order valence-electron chi connectivity index (χ1n) is 0.532. The van der Waals surface area contributed by atoms with Crippen molar-refractivity contribution in [3.05, 3.63) is 0 Å². The van der Waals surface area contributed by atoms with Crippen LogP contribution >= 0.6 is 43.0 Å². The Labute approximate surface area is 82.7 Å². The van der Waals surface area contributed by atoms with Crippen molar-refractivity contribution in [3.63, 3.8) is 0 Å². The van der Waals surface area contributed by atoms with Crippen molar-refractivity contribution in [2.24, 2.45) is 0 Å². The normalized spacial score (nSPS) is 5.00. The van der Waals surface area contributed by atoms with Crippen LogP contribution in [0, 0.1) is 0 Å². The van der Waals surface area contributed by atoms with E-state index < -0.39 is 0 Å². The first-order valence-corrected chi connectivity index (χ1v) is 4.79. The zero-order valence-corrected chi connectivity index (χ0v) is 7.13. The van der Waals surface area contributed by atoms with Gasteiger partial charge in [-0.1, -0.05) is 23.3 Å². The van der Waals surface area contributed by atoms with Gasteiger partial charge in [-0.3, -0.25) is 0 Å². The summed E-state index contributed by atoms with van der Waals surface area (Å²) < 4.78 is 0. The molecule has 0 aliphatic rings.